The molecule has 0 aliphatic rings. The molecule has 0 spiro atoms. The van der Waals surface area contributed by atoms with E-state index in [9.17, 15) is 9.59 Å². The van der Waals surface area contributed by atoms with Crippen molar-refractivity contribution < 1.29 is 19.5 Å². The van der Waals surface area contributed by atoms with Gasteiger partial charge in [0.25, 0.3) is 0 Å². The fourth-order valence-electron chi connectivity index (χ4n) is 1.38. The maximum atomic E-state index is 10.9. The van der Waals surface area contributed by atoms with Gasteiger partial charge < -0.3 is 5.11 Å². The Bertz CT molecular complexity index is 366. The summed E-state index contributed by atoms with van der Waals surface area (Å²) in [6.45, 7) is 1.85. The summed E-state index contributed by atoms with van der Waals surface area (Å²) in [4.78, 5) is 26.8. The lowest BCUT2D eigenvalue weighted by Gasteiger charge is -2.22. The number of carbonyl (C=O) groups is 2. The van der Waals surface area contributed by atoms with Crippen LogP contribution < -0.4 is 0 Å². The SMILES string of the molecule is CCC(C(=O)O)N(C=O)OCc1ccccc1. The Morgan fingerprint density at radius 2 is 2.12 bits per heavy atom. The van der Waals surface area contributed by atoms with E-state index in [0.29, 0.717) is 12.8 Å². The van der Waals surface area contributed by atoms with Crippen LogP contribution in [0.25, 0.3) is 0 Å². The maximum absolute atomic E-state index is 10.9. The fourth-order valence-corrected chi connectivity index (χ4v) is 1.38. The Labute approximate surface area is 99.6 Å². The quantitative estimate of drug-likeness (QED) is 0.575. The number of aliphatic carboxylic acids is 1. The summed E-state index contributed by atoms with van der Waals surface area (Å²) in [6.07, 6.45) is 0.689. The van der Waals surface area contributed by atoms with Crippen LogP contribution in [0.2, 0.25) is 0 Å². The average molecular weight is 237 g/mol. The fraction of sp³-hybridized carbons (Fsp3) is 0.333. The zero-order valence-electron chi connectivity index (χ0n) is 9.57. The van der Waals surface area contributed by atoms with Crippen LogP contribution in [-0.4, -0.2) is 28.6 Å². The van der Waals surface area contributed by atoms with Crippen LogP contribution in [0, 0.1) is 0 Å². The second-order valence-electron chi connectivity index (χ2n) is 3.49. The van der Waals surface area contributed by atoms with Gasteiger partial charge in [0, 0.05) is 0 Å². The van der Waals surface area contributed by atoms with Gasteiger partial charge in [0.05, 0.1) is 0 Å². The number of hydrogen-bond acceptors (Lipinski definition) is 3. The Morgan fingerprint density at radius 3 is 2.59 bits per heavy atom. The number of carbonyl (C=O) groups excluding carboxylic acids is 1. The van der Waals surface area contributed by atoms with Crippen molar-refractivity contribution >= 4 is 12.4 Å². The molecule has 0 aliphatic heterocycles. The van der Waals surface area contributed by atoms with E-state index in [1.54, 1.807) is 6.92 Å². The van der Waals surface area contributed by atoms with Gasteiger partial charge in [0.1, 0.15) is 6.61 Å². The smallest absolute Gasteiger partial charge is 0.329 e. The first-order valence-electron chi connectivity index (χ1n) is 5.32. The number of amides is 1. The van der Waals surface area contributed by atoms with Crippen LogP contribution in [-0.2, 0) is 21.0 Å². The van der Waals surface area contributed by atoms with Crippen molar-refractivity contribution in [3.05, 3.63) is 35.9 Å². The lowest BCUT2D eigenvalue weighted by Crippen LogP contribution is -2.39. The summed E-state index contributed by atoms with van der Waals surface area (Å²) in [6, 6.07) is 8.29. The molecule has 0 aliphatic carbocycles. The standard InChI is InChI=1S/C12H15NO4/c1-2-11(12(15)16)13(9-14)17-8-10-6-4-3-5-7-10/h3-7,9,11H,2,8H2,1H3,(H,15,16). The molecule has 0 radical (unpaired) electrons. The molecule has 5 nitrogen and oxygen atoms in total. The summed E-state index contributed by atoms with van der Waals surface area (Å²) in [5, 5.41) is 9.73. The molecule has 0 heterocycles. The number of carboxylic acid groups (broad SMARTS) is 1. The van der Waals surface area contributed by atoms with Crippen molar-refractivity contribution in [1.29, 1.82) is 0 Å². The number of nitrogens with zero attached hydrogens (tertiary/aromatic N) is 1. The van der Waals surface area contributed by atoms with E-state index in [1.807, 2.05) is 30.3 Å². The normalized spacial score (nSPS) is 11.8. The average Bonchev–Trinajstić information content (AvgIpc) is 2.35. The molecule has 5 heteroatoms. The van der Waals surface area contributed by atoms with E-state index in [4.69, 9.17) is 9.94 Å². The van der Waals surface area contributed by atoms with Crippen LogP contribution in [0.5, 0.6) is 0 Å². The highest BCUT2D eigenvalue weighted by Crippen LogP contribution is 2.07. The van der Waals surface area contributed by atoms with Gasteiger partial charge in [0.2, 0.25) is 6.41 Å². The molecule has 0 saturated carbocycles. The van der Waals surface area contributed by atoms with Gasteiger partial charge in [-0.3, -0.25) is 9.63 Å². The van der Waals surface area contributed by atoms with Crippen LogP contribution in [0.4, 0.5) is 0 Å². The molecule has 17 heavy (non-hydrogen) atoms. The molecule has 1 aromatic carbocycles. The van der Waals surface area contributed by atoms with Gasteiger partial charge in [-0.15, -0.1) is 0 Å². The Balaban J connectivity index is 2.58. The molecule has 1 N–H and O–H groups in total. The Kier molecular flexibility index (Phi) is 5.16. The molecule has 0 bridgehead atoms. The van der Waals surface area contributed by atoms with Gasteiger partial charge in [-0.05, 0) is 12.0 Å². The van der Waals surface area contributed by atoms with Crippen LogP contribution in [0.3, 0.4) is 0 Å². The molecule has 0 fully saturated rings. The lowest BCUT2D eigenvalue weighted by atomic mass is 10.2. The van der Waals surface area contributed by atoms with Crippen LogP contribution >= 0.6 is 0 Å². The largest absolute Gasteiger partial charge is 0.480 e. The Morgan fingerprint density at radius 1 is 1.47 bits per heavy atom. The van der Waals surface area contributed by atoms with Crippen molar-refractivity contribution in [1.82, 2.24) is 5.06 Å². The molecule has 1 unspecified atom stereocenters. The molecule has 1 rings (SSSR count). The summed E-state index contributed by atoms with van der Waals surface area (Å²) >= 11 is 0. The predicted molar refractivity (Wildman–Crippen MR) is 60.8 cm³/mol. The van der Waals surface area contributed by atoms with Gasteiger partial charge in [-0.25, -0.2) is 9.86 Å². The van der Waals surface area contributed by atoms with Gasteiger partial charge in [-0.2, -0.15) is 0 Å². The molecule has 1 aromatic rings. The highest BCUT2D eigenvalue weighted by molar-refractivity contribution is 5.75. The number of rotatable bonds is 7. The first-order valence-corrected chi connectivity index (χ1v) is 5.32. The van der Waals surface area contributed by atoms with Crippen molar-refractivity contribution in [2.45, 2.75) is 26.0 Å². The molecule has 0 aromatic heterocycles. The Hall–Kier alpha value is -1.88. The minimum atomic E-state index is -1.08. The van der Waals surface area contributed by atoms with Crippen molar-refractivity contribution in [2.75, 3.05) is 0 Å². The van der Waals surface area contributed by atoms with Gasteiger partial charge in [-0.1, -0.05) is 37.3 Å². The number of hydroxylamine groups is 2. The lowest BCUT2D eigenvalue weighted by molar-refractivity contribution is -0.201. The number of carboxylic acids is 1. The van der Waals surface area contributed by atoms with E-state index in [1.165, 1.54) is 0 Å². The first-order chi connectivity index (χ1) is 8.19. The molecule has 0 saturated heterocycles. The highest BCUT2D eigenvalue weighted by atomic mass is 16.7. The maximum Gasteiger partial charge on any atom is 0.329 e. The summed E-state index contributed by atoms with van der Waals surface area (Å²) in [5.41, 5.74) is 0.875. The van der Waals surface area contributed by atoms with E-state index in [2.05, 4.69) is 0 Å². The predicted octanol–water partition coefficient (Wildman–Crippen LogP) is 1.44. The van der Waals surface area contributed by atoms with E-state index < -0.39 is 12.0 Å². The number of hydrogen-bond donors (Lipinski definition) is 1. The third-order valence-corrected chi connectivity index (χ3v) is 2.31. The minimum Gasteiger partial charge on any atom is -0.480 e. The monoisotopic (exact) mass is 237 g/mol. The first kappa shape index (κ1) is 13.2. The third-order valence-electron chi connectivity index (χ3n) is 2.31. The third kappa shape index (κ3) is 3.88. The molecule has 1 atom stereocenters. The second-order valence-corrected chi connectivity index (χ2v) is 3.49. The van der Waals surface area contributed by atoms with Crippen LogP contribution in [0.15, 0.2) is 30.3 Å². The zero-order valence-corrected chi connectivity index (χ0v) is 9.57. The van der Waals surface area contributed by atoms with Crippen molar-refractivity contribution in [3.8, 4) is 0 Å². The van der Waals surface area contributed by atoms with Gasteiger partial charge >= 0.3 is 5.97 Å². The highest BCUT2D eigenvalue weighted by Gasteiger charge is 2.23. The van der Waals surface area contributed by atoms with Gasteiger partial charge in [0.15, 0.2) is 6.04 Å². The molecular formula is C12H15NO4. The van der Waals surface area contributed by atoms with Crippen molar-refractivity contribution in [3.63, 3.8) is 0 Å². The van der Waals surface area contributed by atoms with E-state index in [0.717, 1.165) is 10.6 Å². The summed E-state index contributed by atoms with van der Waals surface area (Å²) in [5.74, 6) is -1.08. The molecule has 92 valence electrons. The summed E-state index contributed by atoms with van der Waals surface area (Å²) in [7, 11) is 0. The summed E-state index contributed by atoms with van der Waals surface area (Å²) < 4.78 is 0. The van der Waals surface area contributed by atoms with E-state index >= 15 is 0 Å². The van der Waals surface area contributed by atoms with Crippen molar-refractivity contribution in [2.24, 2.45) is 0 Å². The van der Waals surface area contributed by atoms with Crippen LogP contribution in [0.1, 0.15) is 18.9 Å². The number of benzene rings is 1. The van der Waals surface area contributed by atoms with E-state index in [-0.39, 0.29) is 6.61 Å². The molecule has 1 amide bonds. The topological polar surface area (TPSA) is 66.8 Å². The zero-order chi connectivity index (χ0) is 12.7. The second kappa shape index (κ2) is 6.65. The minimum absolute atomic E-state index is 0.170. The molecular weight excluding hydrogens is 222 g/mol.